The molecule has 0 bridgehead atoms. The Morgan fingerprint density at radius 1 is 1.52 bits per heavy atom. The van der Waals surface area contributed by atoms with Gasteiger partial charge < -0.3 is 24.4 Å². The molecule has 1 atom stereocenters. The Bertz CT molecular complexity index is 583. The topological polar surface area (TPSA) is 127 Å². The SMILES string of the molecule is CCOC1Oc2ccc(/C=N/N(N)C(=O)CCO)c(O)c2O1.Cl. The van der Waals surface area contributed by atoms with Crippen LogP contribution in [0.3, 0.4) is 0 Å². The molecule has 1 aliphatic heterocycles. The Balaban J connectivity index is 0.00000264. The summed E-state index contributed by atoms with van der Waals surface area (Å²) in [5.41, 5.74) is 0.284. The van der Waals surface area contributed by atoms with Crippen molar-refractivity contribution in [3.05, 3.63) is 17.7 Å². The van der Waals surface area contributed by atoms with Gasteiger partial charge in [0.05, 0.1) is 25.8 Å². The number of aliphatic hydroxyl groups excluding tert-OH is 1. The summed E-state index contributed by atoms with van der Waals surface area (Å²) >= 11 is 0. The third-order valence-corrected chi connectivity index (χ3v) is 2.77. The average molecular weight is 348 g/mol. The van der Waals surface area contributed by atoms with Gasteiger partial charge in [0.2, 0.25) is 5.75 Å². The van der Waals surface area contributed by atoms with E-state index in [2.05, 4.69) is 5.10 Å². The molecule has 9 nitrogen and oxygen atoms in total. The Morgan fingerprint density at radius 3 is 2.91 bits per heavy atom. The number of hydrogen-bond acceptors (Lipinski definition) is 8. The third-order valence-electron chi connectivity index (χ3n) is 2.77. The number of nitrogens with zero attached hydrogens (tertiary/aromatic N) is 2. The molecule has 1 aliphatic rings. The number of amides is 1. The maximum Gasteiger partial charge on any atom is 0.361 e. The van der Waals surface area contributed by atoms with Crippen molar-refractivity contribution in [2.24, 2.45) is 10.9 Å². The standard InChI is InChI=1S/C13H17N3O6.ClH/c1-2-20-13-21-9-4-3-8(11(19)12(9)22-13)7-15-16(14)10(18)5-6-17;/h3-4,7,13,17,19H,2,5-6,14H2,1H3;1H/b15-7+;. The number of ether oxygens (including phenoxy) is 3. The molecule has 2 rings (SSSR count). The number of phenolic OH excluding ortho intramolecular Hbond substituents is 1. The van der Waals surface area contributed by atoms with Crippen LogP contribution in [0.25, 0.3) is 0 Å². The molecule has 0 saturated heterocycles. The van der Waals surface area contributed by atoms with Crippen molar-refractivity contribution in [3.63, 3.8) is 0 Å². The van der Waals surface area contributed by atoms with Crippen LogP contribution in [0.5, 0.6) is 17.2 Å². The Hall–Kier alpha value is -2.07. The molecule has 1 heterocycles. The van der Waals surface area contributed by atoms with Gasteiger partial charge in [-0.3, -0.25) is 4.79 Å². The monoisotopic (exact) mass is 347 g/mol. The fraction of sp³-hybridized carbons (Fsp3) is 0.385. The van der Waals surface area contributed by atoms with E-state index in [4.69, 9.17) is 25.2 Å². The molecule has 0 spiro atoms. The van der Waals surface area contributed by atoms with Crippen molar-refractivity contribution in [2.45, 2.75) is 19.8 Å². The minimum absolute atomic E-state index is 0. The Kier molecular flexibility index (Phi) is 7.04. The van der Waals surface area contributed by atoms with Gasteiger partial charge in [0.25, 0.3) is 5.91 Å². The van der Waals surface area contributed by atoms with Gasteiger partial charge in [-0.2, -0.15) is 10.2 Å². The Labute approximate surface area is 138 Å². The molecule has 0 aliphatic carbocycles. The highest BCUT2D eigenvalue weighted by Crippen LogP contribution is 2.43. The summed E-state index contributed by atoms with van der Waals surface area (Å²) in [5, 5.41) is 23.0. The van der Waals surface area contributed by atoms with Gasteiger partial charge in [0, 0.05) is 5.56 Å². The lowest BCUT2D eigenvalue weighted by Gasteiger charge is -2.09. The Morgan fingerprint density at radius 2 is 2.26 bits per heavy atom. The second kappa shape index (κ2) is 8.53. The number of carbonyl (C=O) groups is 1. The number of halogens is 1. The van der Waals surface area contributed by atoms with E-state index in [9.17, 15) is 9.90 Å². The maximum atomic E-state index is 11.4. The van der Waals surface area contributed by atoms with Gasteiger partial charge in [0.15, 0.2) is 11.5 Å². The summed E-state index contributed by atoms with van der Waals surface area (Å²) in [6.07, 6.45) is 1.05. The summed E-state index contributed by atoms with van der Waals surface area (Å²) in [6, 6.07) is 3.10. The van der Waals surface area contributed by atoms with Gasteiger partial charge in [-0.15, -0.1) is 12.4 Å². The van der Waals surface area contributed by atoms with Gasteiger partial charge >= 0.3 is 6.48 Å². The molecule has 1 unspecified atom stereocenters. The summed E-state index contributed by atoms with van der Waals surface area (Å²) in [7, 11) is 0. The zero-order valence-corrected chi connectivity index (χ0v) is 13.2. The van der Waals surface area contributed by atoms with Crippen LogP contribution >= 0.6 is 12.4 Å². The lowest BCUT2D eigenvalue weighted by molar-refractivity contribution is -0.173. The molecule has 0 radical (unpaired) electrons. The van der Waals surface area contributed by atoms with Crippen LogP contribution in [0.2, 0.25) is 0 Å². The van der Waals surface area contributed by atoms with E-state index in [1.807, 2.05) is 0 Å². The number of hydrazone groups is 1. The first-order valence-electron chi connectivity index (χ1n) is 6.60. The molecule has 0 saturated carbocycles. The summed E-state index contributed by atoms with van der Waals surface area (Å²) in [4.78, 5) is 11.4. The molecule has 23 heavy (non-hydrogen) atoms. The molecule has 1 aromatic rings. The largest absolute Gasteiger partial charge is 0.504 e. The minimum Gasteiger partial charge on any atom is -0.504 e. The fourth-order valence-electron chi connectivity index (χ4n) is 1.71. The third kappa shape index (κ3) is 4.45. The van der Waals surface area contributed by atoms with Crippen LogP contribution in [0.15, 0.2) is 17.2 Å². The van der Waals surface area contributed by atoms with E-state index in [0.29, 0.717) is 17.5 Å². The molecule has 1 aromatic carbocycles. The molecule has 128 valence electrons. The highest BCUT2D eigenvalue weighted by atomic mass is 35.5. The van der Waals surface area contributed by atoms with Gasteiger partial charge in [-0.05, 0) is 19.1 Å². The zero-order valence-electron chi connectivity index (χ0n) is 12.3. The fourth-order valence-corrected chi connectivity index (χ4v) is 1.71. The van der Waals surface area contributed by atoms with Gasteiger partial charge in [-0.1, -0.05) is 0 Å². The van der Waals surface area contributed by atoms with E-state index in [0.717, 1.165) is 0 Å². The minimum atomic E-state index is -0.907. The van der Waals surface area contributed by atoms with Crippen molar-refractivity contribution in [2.75, 3.05) is 13.2 Å². The maximum absolute atomic E-state index is 11.4. The number of fused-ring (bicyclic) bond motifs is 1. The van der Waals surface area contributed by atoms with Crippen molar-refractivity contribution < 1.29 is 29.2 Å². The van der Waals surface area contributed by atoms with E-state index >= 15 is 0 Å². The van der Waals surface area contributed by atoms with Crippen LogP contribution < -0.4 is 15.3 Å². The van der Waals surface area contributed by atoms with Gasteiger partial charge in [0.1, 0.15) is 0 Å². The summed E-state index contributed by atoms with van der Waals surface area (Å²) < 4.78 is 15.8. The molecule has 1 amide bonds. The number of aromatic hydroxyl groups is 1. The number of hydrogen-bond donors (Lipinski definition) is 3. The van der Waals surface area contributed by atoms with Crippen LogP contribution in [-0.2, 0) is 9.53 Å². The van der Waals surface area contributed by atoms with Crippen LogP contribution in [0.1, 0.15) is 18.9 Å². The number of nitrogens with two attached hydrogens (primary N) is 1. The molecule has 0 aromatic heterocycles. The van der Waals surface area contributed by atoms with Gasteiger partial charge in [-0.25, -0.2) is 5.84 Å². The predicted octanol–water partition coefficient (Wildman–Crippen LogP) is 0.324. The number of carbonyl (C=O) groups excluding carboxylic acids is 1. The van der Waals surface area contributed by atoms with Crippen LogP contribution in [-0.4, -0.2) is 47.1 Å². The van der Waals surface area contributed by atoms with Crippen molar-refractivity contribution in [3.8, 4) is 17.2 Å². The number of aliphatic hydroxyl groups is 1. The lowest BCUT2D eigenvalue weighted by Crippen LogP contribution is -2.32. The normalized spacial score (nSPS) is 15.5. The highest BCUT2D eigenvalue weighted by Gasteiger charge is 2.28. The molecule has 10 heteroatoms. The molecule has 4 N–H and O–H groups in total. The lowest BCUT2D eigenvalue weighted by atomic mass is 10.2. The van der Waals surface area contributed by atoms with Crippen molar-refractivity contribution >= 4 is 24.5 Å². The second-order valence-corrected chi connectivity index (χ2v) is 4.27. The summed E-state index contributed by atoms with van der Waals surface area (Å²) in [5.74, 6) is 5.10. The van der Waals surface area contributed by atoms with Crippen LogP contribution in [0, 0.1) is 0 Å². The van der Waals surface area contributed by atoms with E-state index < -0.39 is 12.4 Å². The van der Waals surface area contributed by atoms with Crippen molar-refractivity contribution in [1.29, 1.82) is 0 Å². The highest BCUT2D eigenvalue weighted by molar-refractivity contribution is 5.87. The van der Waals surface area contributed by atoms with E-state index in [1.54, 1.807) is 13.0 Å². The molecular weight excluding hydrogens is 330 g/mol. The van der Waals surface area contributed by atoms with Crippen LogP contribution in [0.4, 0.5) is 0 Å². The first-order valence-corrected chi connectivity index (χ1v) is 6.60. The first kappa shape index (κ1) is 19.0. The number of rotatable bonds is 6. The number of benzene rings is 1. The first-order chi connectivity index (χ1) is 10.6. The number of hydrazine groups is 1. The average Bonchev–Trinajstić information content (AvgIpc) is 2.90. The quantitative estimate of drug-likeness (QED) is 0.293. The zero-order chi connectivity index (χ0) is 16.1. The second-order valence-electron chi connectivity index (χ2n) is 4.27. The predicted molar refractivity (Wildman–Crippen MR) is 82.4 cm³/mol. The van der Waals surface area contributed by atoms with E-state index in [1.165, 1.54) is 12.3 Å². The molecular formula is C13H18ClN3O6. The molecule has 0 fully saturated rings. The van der Waals surface area contributed by atoms with Crippen molar-refractivity contribution in [1.82, 2.24) is 5.12 Å². The summed E-state index contributed by atoms with van der Waals surface area (Å²) in [6.45, 7) is 0.946. The number of phenols is 1. The smallest absolute Gasteiger partial charge is 0.361 e. The van der Waals surface area contributed by atoms with E-state index in [-0.39, 0.29) is 42.5 Å².